The van der Waals surface area contributed by atoms with Gasteiger partial charge in [0, 0.05) is 24.5 Å². The van der Waals surface area contributed by atoms with Gasteiger partial charge in [0.1, 0.15) is 9.90 Å². The van der Waals surface area contributed by atoms with Crippen LogP contribution in [-0.4, -0.2) is 35.1 Å². The van der Waals surface area contributed by atoms with E-state index in [1.54, 1.807) is 0 Å². The molecule has 0 saturated carbocycles. The van der Waals surface area contributed by atoms with E-state index >= 15 is 4.39 Å². The molecule has 3 aromatic rings. The zero-order valence-corrected chi connectivity index (χ0v) is 17.1. The molecule has 1 amide bonds. The van der Waals surface area contributed by atoms with Crippen LogP contribution in [0.4, 0.5) is 13.6 Å². The van der Waals surface area contributed by atoms with Gasteiger partial charge in [0.2, 0.25) is 5.95 Å². The summed E-state index contributed by atoms with van der Waals surface area (Å²) < 4.78 is 56.5. The molecule has 0 bridgehead atoms. The van der Waals surface area contributed by atoms with Crippen LogP contribution < -0.4 is 5.32 Å². The Balaban J connectivity index is 2.17. The maximum absolute atomic E-state index is 15.1. The van der Waals surface area contributed by atoms with Gasteiger partial charge in [0.15, 0.2) is 5.82 Å². The van der Waals surface area contributed by atoms with Crippen molar-refractivity contribution in [3.8, 4) is 11.3 Å². The van der Waals surface area contributed by atoms with Crippen LogP contribution in [-0.2, 0) is 16.4 Å². The third-order valence-corrected chi connectivity index (χ3v) is 7.48. The number of thiophene rings is 1. The number of nitrogens with zero attached hydrogens (tertiary/aromatic N) is 2. The first kappa shape index (κ1) is 20.4. The molecule has 12 heteroatoms. The Morgan fingerprint density at radius 1 is 1.32 bits per heavy atom. The van der Waals surface area contributed by atoms with Gasteiger partial charge in [-0.1, -0.05) is 0 Å². The number of rotatable bonds is 6. The number of aromatic nitrogens is 2. The lowest BCUT2D eigenvalue weighted by Gasteiger charge is -2.09. The summed E-state index contributed by atoms with van der Waals surface area (Å²) in [5.74, 6) is -1.99. The second-order valence-corrected chi connectivity index (χ2v) is 10.0. The van der Waals surface area contributed by atoms with Crippen LogP contribution in [0.1, 0.15) is 5.56 Å². The van der Waals surface area contributed by atoms with Gasteiger partial charge in [-0.15, -0.1) is 11.3 Å². The van der Waals surface area contributed by atoms with Gasteiger partial charge in [-0.2, -0.15) is 12.8 Å². The largest absolute Gasteiger partial charge is 0.465 e. The Hall–Kier alpha value is -2.31. The molecule has 0 aromatic carbocycles. The monoisotopic (exact) mass is 491 g/mol. The highest BCUT2D eigenvalue weighted by Gasteiger charge is 2.29. The summed E-state index contributed by atoms with van der Waals surface area (Å²) >= 11 is 4.10. The summed E-state index contributed by atoms with van der Waals surface area (Å²) in [5.41, 5.74) is -0.900. The van der Waals surface area contributed by atoms with E-state index < -0.39 is 33.6 Å². The fourth-order valence-corrected chi connectivity index (χ4v) is 6.00. The molecule has 3 heterocycles. The highest BCUT2D eigenvalue weighted by Crippen LogP contribution is 2.34. The fraction of sp³-hybridized carbons (Fsp3) is 0.125. The standard InChI is InChI=1S/C16H12BrF2N3O4S2/c17-11-3-4-12(27-11)28(25,26)22-8-9(5-7-21-16(23)24)13(18)14(22)10-2-1-6-20-15(10)19/h1-4,6,8,21H,5,7H2,(H,23,24). The number of hydrogen-bond acceptors (Lipinski definition) is 5. The lowest BCUT2D eigenvalue weighted by molar-refractivity contribution is 0.194. The van der Waals surface area contributed by atoms with Crippen LogP contribution in [0.25, 0.3) is 11.3 Å². The molecule has 0 saturated heterocycles. The Morgan fingerprint density at radius 3 is 2.68 bits per heavy atom. The Morgan fingerprint density at radius 2 is 2.07 bits per heavy atom. The first-order valence-corrected chi connectivity index (χ1v) is 10.7. The summed E-state index contributed by atoms with van der Waals surface area (Å²) in [7, 11) is -4.22. The molecule has 0 unspecified atom stereocenters. The SMILES string of the molecule is O=C(O)NCCc1cn(S(=O)(=O)c2ccc(Br)s2)c(-c2cccnc2F)c1F. The Labute approximate surface area is 170 Å². The van der Waals surface area contributed by atoms with Crippen molar-refractivity contribution in [3.63, 3.8) is 0 Å². The van der Waals surface area contributed by atoms with Crippen molar-refractivity contribution in [2.24, 2.45) is 0 Å². The van der Waals surface area contributed by atoms with Crippen LogP contribution in [0.2, 0.25) is 0 Å². The fourth-order valence-electron chi connectivity index (χ4n) is 2.51. The molecule has 0 atom stereocenters. The summed E-state index contributed by atoms with van der Waals surface area (Å²) in [6, 6.07) is 5.45. The lowest BCUT2D eigenvalue weighted by Crippen LogP contribution is -2.23. The first-order valence-electron chi connectivity index (χ1n) is 7.70. The van der Waals surface area contributed by atoms with E-state index in [1.165, 1.54) is 24.3 Å². The maximum atomic E-state index is 15.1. The van der Waals surface area contributed by atoms with Crippen molar-refractivity contribution >= 4 is 43.4 Å². The van der Waals surface area contributed by atoms with Crippen LogP contribution in [0.15, 0.2) is 44.7 Å². The van der Waals surface area contributed by atoms with Crippen molar-refractivity contribution in [3.05, 3.63) is 57.8 Å². The number of carbonyl (C=O) groups is 1. The summed E-state index contributed by atoms with van der Waals surface area (Å²) in [6.45, 7) is -0.143. The first-order chi connectivity index (χ1) is 13.2. The molecule has 28 heavy (non-hydrogen) atoms. The molecular weight excluding hydrogens is 480 g/mol. The third-order valence-electron chi connectivity index (χ3n) is 3.73. The van der Waals surface area contributed by atoms with Crippen LogP contribution >= 0.6 is 27.3 Å². The number of halogens is 3. The molecule has 2 N–H and O–H groups in total. The molecule has 0 spiro atoms. The number of amides is 1. The van der Waals surface area contributed by atoms with Gasteiger partial charge in [0.05, 0.1) is 9.35 Å². The minimum absolute atomic E-state index is 0.0739. The Bertz CT molecular complexity index is 1140. The molecule has 3 rings (SSSR count). The van der Waals surface area contributed by atoms with Gasteiger partial charge >= 0.3 is 6.09 Å². The average Bonchev–Trinajstić information content (AvgIpc) is 3.20. The number of nitrogens with one attached hydrogen (secondary N) is 1. The highest BCUT2D eigenvalue weighted by atomic mass is 79.9. The van der Waals surface area contributed by atoms with E-state index in [0.717, 1.165) is 23.7 Å². The van der Waals surface area contributed by atoms with Gasteiger partial charge in [-0.25, -0.2) is 18.1 Å². The van der Waals surface area contributed by atoms with Crippen LogP contribution in [0.5, 0.6) is 0 Å². The highest BCUT2D eigenvalue weighted by molar-refractivity contribution is 9.11. The quantitative estimate of drug-likeness (QED) is 0.512. The van der Waals surface area contributed by atoms with Gasteiger partial charge in [-0.3, -0.25) is 0 Å². The maximum Gasteiger partial charge on any atom is 0.404 e. The lowest BCUT2D eigenvalue weighted by atomic mass is 10.1. The van der Waals surface area contributed by atoms with E-state index in [0.29, 0.717) is 7.76 Å². The zero-order valence-electron chi connectivity index (χ0n) is 13.9. The van der Waals surface area contributed by atoms with Gasteiger partial charge in [0.25, 0.3) is 10.0 Å². The van der Waals surface area contributed by atoms with E-state index in [1.807, 2.05) is 0 Å². The summed E-state index contributed by atoms with van der Waals surface area (Å²) in [5, 5.41) is 10.7. The average molecular weight is 492 g/mol. The number of pyridine rings is 1. The molecular formula is C16H12BrF2N3O4S2. The van der Waals surface area contributed by atoms with Gasteiger partial charge in [-0.05, 0) is 46.6 Å². The predicted molar refractivity (Wildman–Crippen MR) is 102 cm³/mol. The van der Waals surface area contributed by atoms with E-state index in [4.69, 9.17) is 5.11 Å². The van der Waals surface area contributed by atoms with E-state index in [9.17, 15) is 17.6 Å². The smallest absolute Gasteiger partial charge is 0.404 e. The number of carboxylic acid groups (broad SMARTS) is 1. The van der Waals surface area contributed by atoms with Crippen molar-refractivity contribution in [2.45, 2.75) is 10.6 Å². The second kappa shape index (κ2) is 7.97. The molecule has 0 fully saturated rings. The molecule has 3 aromatic heterocycles. The van der Waals surface area contributed by atoms with E-state index in [-0.39, 0.29) is 28.3 Å². The van der Waals surface area contributed by atoms with Crippen molar-refractivity contribution < 1.29 is 27.1 Å². The number of hydrogen-bond donors (Lipinski definition) is 2. The molecule has 0 aliphatic carbocycles. The second-order valence-electron chi connectivity index (χ2n) is 5.50. The van der Waals surface area contributed by atoms with Crippen molar-refractivity contribution in [1.29, 1.82) is 0 Å². The third kappa shape index (κ3) is 3.93. The van der Waals surface area contributed by atoms with Crippen LogP contribution in [0, 0.1) is 11.8 Å². The molecule has 0 radical (unpaired) electrons. The minimum atomic E-state index is -4.22. The molecule has 0 aliphatic rings. The van der Waals surface area contributed by atoms with Gasteiger partial charge < -0.3 is 10.4 Å². The normalized spacial score (nSPS) is 11.5. The van der Waals surface area contributed by atoms with Crippen LogP contribution in [0.3, 0.4) is 0 Å². The minimum Gasteiger partial charge on any atom is -0.465 e. The van der Waals surface area contributed by atoms with Crippen molar-refractivity contribution in [2.75, 3.05) is 6.54 Å². The Kier molecular flexibility index (Phi) is 5.82. The van der Waals surface area contributed by atoms with E-state index in [2.05, 4.69) is 26.2 Å². The molecule has 148 valence electrons. The summed E-state index contributed by atoms with van der Waals surface area (Å²) in [6.07, 6.45) is 0.772. The predicted octanol–water partition coefficient (Wildman–Crippen LogP) is 3.70. The van der Waals surface area contributed by atoms with Crippen molar-refractivity contribution in [1.82, 2.24) is 14.3 Å². The topological polar surface area (TPSA) is 101 Å². The summed E-state index contributed by atoms with van der Waals surface area (Å²) in [4.78, 5) is 14.0. The molecule has 0 aliphatic heterocycles. The molecule has 7 nitrogen and oxygen atoms in total. The zero-order chi connectivity index (χ0) is 20.5.